The van der Waals surface area contributed by atoms with E-state index >= 15 is 0 Å². The molecule has 0 aromatic heterocycles. The Morgan fingerprint density at radius 1 is 1.37 bits per heavy atom. The van der Waals surface area contributed by atoms with Gasteiger partial charge in [0.1, 0.15) is 5.75 Å². The van der Waals surface area contributed by atoms with Crippen LogP contribution in [0.5, 0.6) is 5.75 Å². The van der Waals surface area contributed by atoms with Crippen LogP contribution in [-0.2, 0) is 11.2 Å². The molecule has 2 rings (SSSR count). The normalized spacial score (nSPS) is 18.3. The molecule has 4 heteroatoms. The lowest BCUT2D eigenvalue weighted by molar-refractivity contribution is 0.00310. The van der Waals surface area contributed by atoms with Gasteiger partial charge in [-0.25, -0.2) is 0 Å². The molecule has 0 N–H and O–H groups in total. The zero-order chi connectivity index (χ0) is 13.7. The van der Waals surface area contributed by atoms with Gasteiger partial charge in [-0.1, -0.05) is 18.5 Å². The summed E-state index contributed by atoms with van der Waals surface area (Å²) in [7, 11) is 0. The van der Waals surface area contributed by atoms with E-state index < -0.39 is 0 Å². The van der Waals surface area contributed by atoms with Gasteiger partial charge >= 0.3 is 0 Å². The average molecular weight is 301 g/mol. The van der Waals surface area contributed by atoms with Crippen LogP contribution in [0.25, 0.3) is 0 Å². The molecule has 0 saturated carbocycles. The molecule has 19 heavy (non-hydrogen) atoms. The standard InChI is InChI=1S/C15H21ClO2S/c1-2-12-9-13(3-4-14(12)16)18-10-15(11-19)5-7-17-8-6-15/h3-4,9,19H,2,5-8,10-11H2,1H3. The Kier molecular flexibility index (Phi) is 5.43. The fourth-order valence-electron chi connectivity index (χ4n) is 2.30. The Morgan fingerprint density at radius 3 is 2.74 bits per heavy atom. The summed E-state index contributed by atoms with van der Waals surface area (Å²) in [6, 6.07) is 5.88. The minimum absolute atomic E-state index is 0.146. The van der Waals surface area contributed by atoms with Crippen LogP contribution in [0, 0.1) is 5.41 Å². The molecule has 0 amide bonds. The van der Waals surface area contributed by atoms with E-state index in [1.165, 1.54) is 0 Å². The Bertz CT molecular complexity index is 417. The van der Waals surface area contributed by atoms with Gasteiger partial charge in [0.2, 0.25) is 0 Å². The Labute approximate surface area is 125 Å². The van der Waals surface area contributed by atoms with Crippen molar-refractivity contribution >= 4 is 24.2 Å². The van der Waals surface area contributed by atoms with E-state index in [9.17, 15) is 0 Å². The molecule has 1 saturated heterocycles. The molecular weight excluding hydrogens is 280 g/mol. The van der Waals surface area contributed by atoms with Gasteiger partial charge in [-0.2, -0.15) is 12.6 Å². The van der Waals surface area contributed by atoms with Crippen LogP contribution in [0.15, 0.2) is 18.2 Å². The second-order valence-electron chi connectivity index (χ2n) is 5.17. The van der Waals surface area contributed by atoms with Gasteiger partial charge < -0.3 is 9.47 Å². The van der Waals surface area contributed by atoms with Gasteiger partial charge in [0, 0.05) is 23.7 Å². The summed E-state index contributed by atoms with van der Waals surface area (Å²) in [5.74, 6) is 1.74. The monoisotopic (exact) mass is 300 g/mol. The van der Waals surface area contributed by atoms with Crippen LogP contribution in [0.4, 0.5) is 0 Å². The van der Waals surface area contributed by atoms with Crippen molar-refractivity contribution in [2.24, 2.45) is 5.41 Å². The third-order valence-corrected chi connectivity index (χ3v) is 4.87. The second kappa shape index (κ2) is 6.87. The molecular formula is C15H21ClO2S. The first-order valence-electron chi connectivity index (χ1n) is 6.79. The topological polar surface area (TPSA) is 18.5 Å². The molecule has 1 aromatic carbocycles. The lowest BCUT2D eigenvalue weighted by atomic mass is 9.83. The van der Waals surface area contributed by atoms with E-state index in [-0.39, 0.29) is 5.41 Å². The number of benzene rings is 1. The van der Waals surface area contributed by atoms with Gasteiger partial charge in [-0.15, -0.1) is 0 Å². The Balaban J connectivity index is 2.00. The molecule has 2 nitrogen and oxygen atoms in total. The third-order valence-electron chi connectivity index (χ3n) is 3.83. The van der Waals surface area contributed by atoms with Crippen LogP contribution in [0.2, 0.25) is 5.02 Å². The summed E-state index contributed by atoms with van der Waals surface area (Å²) >= 11 is 10.6. The van der Waals surface area contributed by atoms with Gasteiger partial charge in [-0.05, 0) is 48.8 Å². The number of aryl methyl sites for hydroxylation is 1. The fourth-order valence-corrected chi connectivity index (χ4v) is 2.96. The average Bonchev–Trinajstić information content (AvgIpc) is 2.47. The number of rotatable bonds is 5. The summed E-state index contributed by atoms with van der Waals surface area (Å²) in [4.78, 5) is 0. The maximum Gasteiger partial charge on any atom is 0.119 e. The summed E-state index contributed by atoms with van der Waals surface area (Å²) in [6.45, 7) is 4.42. The highest BCUT2D eigenvalue weighted by Gasteiger charge is 2.32. The van der Waals surface area contributed by atoms with E-state index in [1.807, 2.05) is 18.2 Å². The van der Waals surface area contributed by atoms with Crippen molar-refractivity contribution in [3.05, 3.63) is 28.8 Å². The Hall–Kier alpha value is -0.380. The van der Waals surface area contributed by atoms with Crippen molar-refractivity contribution in [3.63, 3.8) is 0 Å². The van der Waals surface area contributed by atoms with Crippen LogP contribution in [-0.4, -0.2) is 25.6 Å². The highest BCUT2D eigenvalue weighted by atomic mass is 35.5. The summed E-state index contributed by atoms with van der Waals surface area (Å²) in [5.41, 5.74) is 1.28. The van der Waals surface area contributed by atoms with Gasteiger partial charge in [0.15, 0.2) is 0 Å². The van der Waals surface area contributed by atoms with E-state index in [1.54, 1.807) is 0 Å². The Morgan fingerprint density at radius 2 is 2.11 bits per heavy atom. The van der Waals surface area contributed by atoms with Crippen molar-refractivity contribution in [3.8, 4) is 5.75 Å². The first kappa shape index (κ1) is 15.0. The van der Waals surface area contributed by atoms with E-state index in [2.05, 4.69) is 19.6 Å². The number of ether oxygens (including phenoxy) is 2. The molecule has 0 radical (unpaired) electrons. The molecule has 1 aliphatic heterocycles. The predicted octanol–water partition coefficient (Wildman–Crippen LogP) is 4.01. The van der Waals surface area contributed by atoms with Crippen LogP contribution >= 0.6 is 24.2 Å². The maximum atomic E-state index is 6.12. The minimum Gasteiger partial charge on any atom is -0.493 e. The molecule has 106 valence electrons. The maximum absolute atomic E-state index is 6.12. The fraction of sp³-hybridized carbons (Fsp3) is 0.600. The number of hydrogen-bond acceptors (Lipinski definition) is 3. The molecule has 1 fully saturated rings. The van der Waals surface area contributed by atoms with Crippen molar-refractivity contribution < 1.29 is 9.47 Å². The van der Waals surface area contributed by atoms with E-state index in [0.29, 0.717) is 6.61 Å². The first-order valence-corrected chi connectivity index (χ1v) is 7.80. The molecule has 1 aliphatic rings. The largest absolute Gasteiger partial charge is 0.493 e. The summed E-state index contributed by atoms with van der Waals surface area (Å²) in [6.07, 6.45) is 2.96. The van der Waals surface area contributed by atoms with E-state index in [4.69, 9.17) is 21.1 Å². The van der Waals surface area contributed by atoms with Crippen LogP contribution < -0.4 is 4.74 Å². The zero-order valence-corrected chi connectivity index (χ0v) is 13.0. The van der Waals surface area contributed by atoms with Gasteiger partial charge in [0.05, 0.1) is 6.61 Å². The SMILES string of the molecule is CCc1cc(OCC2(CS)CCOCC2)ccc1Cl. The number of thiol groups is 1. The second-order valence-corrected chi connectivity index (χ2v) is 5.89. The molecule has 0 unspecified atom stereocenters. The van der Waals surface area contributed by atoms with E-state index in [0.717, 1.165) is 54.6 Å². The molecule has 0 atom stereocenters. The molecule has 0 bridgehead atoms. The highest BCUT2D eigenvalue weighted by molar-refractivity contribution is 7.80. The molecule has 0 aliphatic carbocycles. The quantitative estimate of drug-likeness (QED) is 0.828. The smallest absolute Gasteiger partial charge is 0.119 e. The van der Waals surface area contributed by atoms with Crippen molar-refractivity contribution in [2.45, 2.75) is 26.2 Å². The first-order chi connectivity index (χ1) is 9.19. The molecule has 1 aromatic rings. The van der Waals surface area contributed by atoms with Crippen LogP contribution in [0.1, 0.15) is 25.3 Å². The summed E-state index contributed by atoms with van der Waals surface area (Å²) in [5, 5.41) is 0.810. The minimum atomic E-state index is 0.146. The van der Waals surface area contributed by atoms with Crippen molar-refractivity contribution in [1.29, 1.82) is 0 Å². The number of halogens is 1. The number of hydrogen-bond donors (Lipinski definition) is 1. The lowest BCUT2D eigenvalue weighted by Crippen LogP contribution is -2.36. The zero-order valence-electron chi connectivity index (χ0n) is 11.3. The van der Waals surface area contributed by atoms with Crippen molar-refractivity contribution in [1.82, 2.24) is 0 Å². The third kappa shape index (κ3) is 3.80. The van der Waals surface area contributed by atoms with Crippen molar-refractivity contribution in [2.75, 3.05) is 25.6 Å². The predicted molar refractivity (Wildman–Crippen MR) is 82.7 cm³/mol. The summed E-state index contributed by atoms with van der Waals surface area (Å²) < 4.78 is 11.4. The van der Waals surface area contributed by atoms with Gasteiger partial charge in [-0.3, -0.25) is 0 Å². The van der Waals surface area contributed by atoms with Gasteiger partial charge in [0.25, 0.3) is 0 Å². The molecule has 0 spiro atoms. The van der Waals surface area contributed by atoms with Crippen LogP contribution in [0.3, 0.4) is 0 Å². The highest BCUT2D eigenvalue weighted by Crippen LogP contribution is 2.33. The lowest BCUT2D eigenvalue weighted by Gasteiger charge is -2.35. The molecule has 1 heterocycles.